The molecule has 0 bridgehead atoms. The summed E-state index contributed by atoms with van der Waals surface area (Å²) in [4.78, 5) is 16.8. The highest BCUT2D eigenvalue weighted by Crippen LogP contribution is 2.36. The van der Waals surface area contributed by atoms with Crippen LogP contribution >= 0.6 is 11.6 Å². The van der Waals surface area contributed by atoms with Crippen LogP contribution in [0.3, 0.4) is 0 Å². The van der Waals surface area contributed by atoms with Gasteiger partial charge in [0.05, 0.1) is 23.2 Å². The van der Waals surface area contributed by atoms with Gasteiger partial charge >= 0.3 is 6.18 Å². The number of aromatic nitrogens is 5. The topological polar surface area (TPSA) is 77.6 Å². The zero-order chi connectivity index (χ0) is 23.9. The van der Waals surface area contributed by atoms with Crippen molar-refractivity contribution in [3.8, 4) is 0 Å². The number of hydrogen-bond acceptors (Lipinski definition) is 4. The maximum absolute atomic E-state index is 13.5. The number of pyridine rings is 1. The van der Waals surface area contributed by atoms with Gasteiger partial charge in [0.25, 0.3) is 0 Å². The van der Waals surface area contributed by atoms with E-state index >= 15 is 0 Å². The maximum Gasteiger partial charge on any atom is 0.417 e. The fraction of sp³-hybridized carbons (Fsp3) is 0.273. The van der Waals surface area contributed by atoms with Gasteiger partial charge in [-0.15, -0.1) is 0 Å². The summed E-state index contributed by atoms with van der Waals surface area (Å²) >= 11 is 6.03. The van der Waals surface area contributed by atoms with E-state index in [-0.39, 0.29) is 29.0 Å². The standard InChI is InChI=1S/C22H20ClF3N6O/c1-12-7-17(22(24,25)26)20-14(3)29-32(21(20)27-12)11-19(33)28-18-8-13(2)31(30-18)10-15-5-4-6-16(23)9-15/h4-9H,10-11H2,1-3H3,(H,28,30,33). The Morgan fingerprint density at radius 3 is 2.55 bits per heavy atom. The van der Waals surface area contributed by atoms with Gasteiger partial charge in [0.1, 0.15) is 6.54 Å². The number of halogens is 4. The molecular weight excluding hydrogens is 457 g/mol. The molecule has 33 heavy (non-hydrogen) atoms. The van der Waals surface area contributed by atoms with E-state index in [4.69, 9.17) is 11.6 Å². The summed E-state index contributed by atoms with van der Waals surface area (Å²) in [5.41, 5.74) is 1.30. The Balaban J connectivity index is 1.55. The fourth-order valence-corrected chi connectivity index (χ4v) is 3.88. The molecule has 0 atom stereocenters. The first-order valence-electron chi connectivity index (χ1n) is 10.0. The fourth-order valence-electron chi connectivity index (χ4n) is 3.67. The lowest BCUT2D eigenvalue weighted by Crippen LogP contribution is -2.20. The lowest BCUT2D eigenvalue weighted by Gasteiger charge is -2.10. The molecule has 3 heterocycles. The summed E-state index contributed by atoms with van der Waals surface area (Å²) in [6.45, 7) is 4.94. The van der Waals surface area contributed by atoms with Gasteiger partial charge in [-0.05, 0) is 44.5 Å². The number of hydrogen-bond donors (Lipinski definition) is 1. The molecule has 0 aliphatic carbocycles. The van der Waals surface area contributed by atoms with Gasteiger partial charge in [-0.1, -0.05) is 23.7 Å². The van der Waals surface area contributed by atoms with Crippen molar-refractivity contribution in [2.75, 3.05) is 5.32 Å². The number of alkyl halides is 3. The molecule has 1 N–H and O–H groups in total. The predicted octanol–water partition coefficient (Wildman–Crippen LogP) is 4.91. The SMILES string of the molecule is Cc1cc(C(F)(F)F)c2c(C)nn(CC(=O)Nc3cc(C)n(Cc4cccc(Cl)c4)n3)c2n1. The molecule has 0 saturated carbocycles. The van der Waals surface area contributed by atoms with Crippen molar-refractivity contribution in [1.29, 1.82) is 0 Å². The molecular formula is C22H20ClF3N6O. The smallest absolute Gasteiger partial charge is 0.308 e. The van der Waals surface area contributed by atoms with Crippen molar-refractivity contribution in [3.63, 3.8) is 0 Å². The summed E-state index contributed by atoms with van der Waals surface area (Å²) in [7, 11) is 0. The monoisotopic (exact) mass is 476 g/mol. The summed E-state index contributed by atoms with van der Waals surface area (Å²) in [6, 6.07) is 10.1. The van der Waals surface area contributed by atoms with Crippen molar-refractivity contribution in [3.05, 3.63) is 69.6 Å². The number of carbonyl (C=O) groups is 1. The molecule has 1 amide bonds. The number of amides is 1. The molecule has 1 aromatic carbocycles. The van der Waals surface area contributed by atoms with Crippen molar-refractivity contribution < 1.29 is 18.0 Å². The normalized spacial score (nSPS) is 11.8. The van der Waals surface area contributed by atoms with Crippen LogP contribution in [0.5, 0.6) is 0 Å². The lowest BCUT2D eigenvalue weighted by molar-refractivity contribution is -0.136. The Bertz CT molecular complexity index is 1360. The van der Waals surface area contributed by atoms with Crippen LogP contribution in [0, 0.1) is 20.8 Å². The highest BCUT2D eigenvalue weighted by atomic mass is 35.5. The van der Waals surface area contributed by atoms with E-state index in [1.807, 2.05) is 25.1 Å². The molecule has 3 aromatic heterocycles. The van der Waals surface area contributed by atoms with Crippen molar-refractivity contribution >= 4 is 34.4 Å². The molecule has 4 aromatic rings. The van der Waals surface area contributed by atoms with Gasteiger partial charge in [0.2, 0.25) is 5.91 Å². The van der Waals surface area contributed by atoms with Crippen molar-refractivity contribution in [2.24, 2.45) is 0 Å². The number of nitrogens with one attached hydrogen (secondary N) is 1. The second-order valence-corrected chi connectivity index (χ2v) is 8.19. The van der Waals surface area contributed by atoms with E-state index in [9.17, 15) is 18.0 Å². The third-order valence-electron chi connectivity index (χ3n) is 5.07. The van der Waals surface area contributed by atoms with Crippen LogP contribution in [-0.4, -0.2) is 30.5 Å². The molecule has 4 rings (SSSR count). The van der Waals surface area contributed by atoms with Crippen LogP contribution < -0.4 is 5.32 Å². The Labute approximate surface area is 192 Å². The molecule has 0 radical (unpaired) electrons. The van der Waals surface area contributed by atoms with E-state index in [0.717, 1.165) is 17.3 Å². The Morgan fingerprint density at radius 1 is 1.09 bits per heavy atom. The third-order valence-corrected chi connectivity index (χ3v) is 5.31. The minimum Gasteiger partial charge on any atom is -0.308 e. The van der Waals surface area contributed by atoms with E-state index in [2.05, 4.69) is 20.5 Å². The first-order valence-corrected chi connectivity index (χ1v) is 10.4. The van der Waals surface area contributed by atoms with Gasteiger partial charge in [-0.2, -0.15) is 23.4 Å². The number of anilines is 1. The summed E-state index contributed by atoms with van der Waals surface area (Å²) < 4.78 is 43.4. The minimum absolute atomic E-state index is 0.0117. The number of benzene rings is 1. The van der Waals surface area contributed by atoms with Crippen LogP contribution in [-0.2, 0) is 24.1 Å². The molecule has 0 fully saturated rings. The first kappa shape index (κ1) is 22.8. The van der Waals surface area contributed by atoms with Crippen molar-refractivity contribution in [1.82, 2.24) is 24.5 Å². The second kappa shape index (κ2) is 8.51. The largest absolute Gasteiger partial charge is 0.417 e. The van der Waals surface area contributed by atoms with E-state index in [1.54, 1.807) is 16.8 Å². The molecule has 11 heteroatoms. The number of carbonyl (C=O) groups excluding carboxylic acids is 1. The van der Waals surface area contributed by atoms with E-state index in [1.165, 1.54) is 18.5 Å². The second-order valence-electron chi connectivity index (χ2n) is 7.76. The van der Waals surface area contributed by atoms with Crippen LogP contribution in [0.1, 0.15) is 28.2 Å². The Kier molecular flexibility index (Phi) is 5.87. The zero-order valence-electron chi connectivity index (χ0n) is 18.0. The molecule has 0 spiro atoms. The maximum atomic E-state index is 13.5. The molecule has 0 aliphatic heterocycles. The zero-order valence-corrected chi connectivity index (χ0v) is 18.8. The Morgan fingerprint density at radius 2 is 1.85 bits per heavy atom. The van der Waals surface area contributed by atoms with Gasteiger partial charge in [0.15, 0.2) is 11.5 Å². The van der Waals surface area contributed by atoms with Gasteiger partial charge in [0, 0.05) is 22.5 Å². The summed E-state index contributed by atoms with van der Waals surface area (Å²) in [5.74, 6) is -0.156. The average Bonchev–Trinajstić information content (AvgIpc) is 3.19. The molecule has 0 unspecified atom stereocenters. The first-order chi connectivity index (χ1) is 15.5. The lowest BCUT2D eigenvalue weighted by atomic mass is 10.1. The molecule has 0 saturated heterocycles. The van der Waals surface area contributed by atoms with Crippen LogP contribution in [0.15, 0.2) is 36.4 Å². The number of fused-ring (bicyclic) bond motifs is 1. The molecule has 7 nitrogen and oxygen atoms in total. The Hall–Kier alpha value is -3.40. The van der Waals surface area contributed by atoms with Crippen LogP contribution in [0.2, 0.25) is 5.02 Å². The van der Waals surface area contributed by atoms with Crippen LogP contribution in [0.4, 0.5) is 19.0 Å². The summed E-state index contributed by atoms with van der Waals surface area (Å²) in [5, 5.41) is 11.7. The van der Waals surface area contributed by atoms with Gasteiger partial charge < -0.3 is 5.32 Å². The average molecular weight is 477 g/mol. The molecule has 172 valence electrons. The van der Waals surface area contributed by atoms with Gasteiger partial charge in [-0.25, -0.2) is 9.67 Å². The molecule has 0 aliphatic rings. The van der Waals surface area contributed by atoms with Gasteiger partial charge in [-0.3, -0.25) is 9.48 Å². The highest BCUT2D eigenvalue weighted by Gasteiger charge is 2.35. The number of nitrogens with zero attached hydrogens (tertiary/aromatic N) is 5. The third kappa shape index (κ3) is 4.85. The van der Waals surface area contributed by atoms with Crippen LogP contribution in [0.25, 0.3) is 11.0 Å². The van der Waals surface area contributed by atoms with E-state index < -0.39 is 17.6 Å². The summed E-state index contributed by atoms with van der Waals surface area (Å²) in [6.07, 6.45) is -4.56. The minimum atomic E-state index is -4.56. The predicted molar refractivity (Wildman–Crippen MR) is 118 cm³/mol. The number of rotatable bonds is 5. The van der Waals surface area contributed by atoms with Crippen molar-refractivity contribution in [2.45, 2.75) is 40.0 Å². The van der Waals surface area contributed by atoms with E-state index in [0.29, 0.717) is 17.4 Å². The number of aryl methyl sites for hydroxylation is 3. The quantitative estimate of drug-likeness (QED) is 0.444. The highest BCUT2D eigenvalue weighted by molar-refractivity contribution is 6.30.